The SMILES string of the molecule is C=CC(=O)OCNC(=O)Nc1cc(C)ccc1O. The minimum atomic E-state index is -0.631. The Morgan fingerprint density at radius 1 is 1.50 bits per heavy atom. The fraction of sp³-hybridized carbons (Fsp3) is 0.167. The Bertz CT molecular complexity index is 471. The molecule has 6 heteroatoms. The van der Waals surface area contributed by atoms with Crippen LogP contribution in [-0.2, 0) is 9.53 Å². The fourth-order valence-corrected chi connectivity index (χ4v) is 1.15. The molecule has 0 bridgehead atoms. The molecule has 0 heterocycles. The number of phenolic OH excluding ortho intramolecular Hbond substituents is 1. The number of anilines is 1. The lowest BCUT2D eigenvalue weighted by atomic mass is 10.2. The van der Waals surface area contributed by atoms with E-state index < -0.39 is 12.0 Å². The molecule has 3 N–H and O–H groups in total. The van der Waals surface area contributed by atoms with E-state index in [1.165, 1.54) is 6.07 Å². The Morgan fingerprint density at radius 2 is 2.22 bits per heavy atom. The summed E-state index contributed by atoms with van der Waals surface area (Å²) in [4.78, 5) is 22.1. The van der Waals surface area contributed by atoms with Crippen LogP contribution in [0.4, 0.5) is 10.5 Å². The molecule has 1 aromatic rings. The van der Waals surface area contributed by atoms with Crippen LogP contribution in [0, 0.1) is 6.92 Å². The first-order valence-electron chi connectivity index (χ1n) is 5.16. The van der Waals surface area contributed by atoms with Gasteiger partial charge >= 0.3 is 12.0 Å². The number of nitrogens with one attached hydrogen (secondary N) is 2. The Hall–Kier alpha value is -2.50. The largest absolute Gasteiger partial charge is 0.506 e. The van der Waals surface area contributed by atoms with E-state index in [2.05, 4.69) is 21.9 Å². The van der Waals surface area contributed by atoms with Crippen molar-refractivity contribution in [1.82, 2.24) is 5.32 Å². The van der Waals surface area contributed by atoms with Crippen molar-refractivity contribution in [2.24, 2.45) is 0 Å². The number of phenols is 1. The van der Waals surface area contributed by atoms with Gasteiger partial charge in [0, 0.05) is 6.08 Å². The lowest BCUT2D eigenvalue weighted by molar-refractivity contribution is -0.138. The molecule has 96 valence electrons. The summed E-state index contributed by atoms with van der Waals surface area (Å²) in [5.41, 5.74) is 1.17. The highest BCUT2D eigenvalue weighted by Crippen LogP contribution is 2.23. The highest BCUT2D eigenvalue weighted by molar-refractivity contribution is 5.91. The molecule has 0 saturated carbocycles. The Balaban J connectivity index is 2.47. The van der Waals surface area contributed by atoms with Crippen molar-refractivity contribution in [3.8, 4) is 5.75 Å². The van der Waals surface area contributed by atoms with E-state index in [0.717, 1.165) is 11.6 Å². The molecule has 0 aliphatic rings. The van der Waals surface area contributed by atoms with Gasteiger partial charge in [0.25, 0.3) is 0 Å². The van der Waals surface area contributed by atoms with E-state index in [4.69, 9.17) is 0 Å². The second-order valence-electron chi connectivity index (χ2n) is 3.46. The maximum absolute atomic E-state index is 11.4. The van der Waals surface area contributed by atoms with Crippen LogP contribution in [0.5, 0.6) is 5.75 Å². The average molecular weight is 250 g/mol. The van der Waals surface area contributed by atoms with Crippen molar-refractivity contribution in [3.63, 3.8) is 0 Å². The van der Waals surface area contributed by atoms with Crippen LogP contribution >= 0.6 is 0 Å². The van der Waals surface area contributed by atoms with Gasteiger partial charge in [0.15, 0.2) is 6.73 Å². The van der Waals surface area contributed by atoms with Gasteiger partial charge in [-0.15, -0.1) is 0 Å². The number of benzene rings is 1. The quantitative estimate of drug-likeness (QED) is 0.327. The summed E-state index contributed by atoms with van der Waals surface area (Å²) in [6.45, 7) is 4.76. The van der Waals surface area contributed by atoms with E-state index in [-0.39, 0.29) is 18.2 Å². The number of esters is 1. The summed E-state index contributed by atoms with van der Waals surface area (Å²) in [5.74, 6) is -0.674. The molecule has 6 nitrogen and oxygen atoms in total. The molecule has 2 amide bonds. The van der Waals surface area contributed by atoms with Gasteiger partial charge in [-0.1, -0.05) is 12.6 Å². The predicted octanol–water partition coefficient (Wildman–Crippen LogP) is 1.51. The number of hydrogen-bond donors (Lipinski definition) is 3. The van der Waals surface area contributed by atoms with E-state index in [0.29, 0.717) is 0 Å². The van der Waals surface area contributed by atoms with Gasteiger partial charge in [-0.2, -0.15) is 0 Å². The van der Waals surface area contributed by atoms with Gasteiger partial charge in [0.05, 0.1) is 5.69 Å². The first-order chi connectivity index (χ1) is 8.52. The lowest BCUT2D eigenvalue weighted by Crippen LogP contribution is -2.31. The molecular formula is C12H14N2O4. The average Bonchev–Trinajstić information content (AvgIpc) is 2.33. The summed E-state index contributed by atoms with van der Waals surface area (Å²) in [6.07, 6.45) is 0.992. The molecule has 0 saturated heterocycles. The summed E-state index contributed by atoms with van der Waals surface area (Å²) in [7, 11) is 0. The van der Waals surface area contributed by atoms with Crippen molar-refractivity contribution < 1.29 is 19.4 Å². The normalized spacial score (nSPS) is 9.39. The summed E-state index contributed by atoms with van der Waals surface area (Å²) in [5, 5.41) is 14.2. The molecular weight excluding hydrogens is 236 g/mol. The maximum Gasteiger partial charge on any atom is 0.331 e. The smallest absolute Gasteiger partial charge is 0.331 e. The fourth-order valence-electron chi connectivity index (χ4n) is 1.15. The highest BCUT2D eigenvalue weighted by atomic mass is 16.5. The Morgan fingerprint density at radius 3 is 2.89 bits per heavy atom. The van der Waals surface area contributed by atoms with Crippen LogP contribution in [-0.4, -0.2) is 23.8 Å². The number of rotatable bonds is 4. The van der Waals surface area contributed by atoms with Gasteiger partial charge in [0.1, 0.15) is 5.75 Å². The van der Waals surface area contributed by atoms with Crippen molar-refractivity contribution in [2.45, 2.75) is 6.92 Å². The van der Waals surface area contributed by atoms with Crippen LogP contribution in [0.2, 0.25) is 0 Å². The number of hydrogen-bond acceptors (Lipinski definition) is 4. The van der Waals surface area contributed by atoms with Gasteiger partial charge < -0.3 is 20.5 Å². The molecule has 0 aromatic heterocycles. The summed E-state index contributed by atoms with van der Waals surface area (Å²) < 4.78 is 4.56. The molecule has 0 atom stereocenters. The monoisotopic (exact) mass is 250 g/mol. The standard InChI is InChI=1S/C12H14N2O4/c1-3-11(16)18-7-13-12(17)14-9-6-8(2)4-5-10(9)15/h3-6,15H,1,7H2,2H3,(H2,13,14,17). The molecule has 1 aromatic carbocycles. The van der Waals surface area contributed by atoms with Crippen molar-refractivity contribution in [1.29, 1.82) is 0 Å². The molecule has 0 spiro atoms. The molecule has 0 aliphatic carbocycles. The molecule has 0 fully saturated rings. The number of ether oxygens (including phenoxy) is 1. The van der Waals surface area contributed by atoms with Gasteiger partial charge in [-0.3, -0.25) is 0 Å². The first kappa shape index (κ1) is 13.6. The topological polar surface area (TPSA) is 87.7 Å². The van der Waals surface area contributed by atoms with Crippen molar-refractivity contribution in [2.75, 3.05) is 12.0 Å². The number of carbonyl (C=O) groups excluding carboxylic acids is 2. The number of urea groups is 1. The number of aryl methyl sites for hydroxylation is 1. The molecule has 0 aliphatic heterocycles. The van der Waals surface area contributed by atoms with Crippen LogP contribution in [0.25, 0.3) is 0 Å². The van der Waals surface area contributed by atoms with Crippen molar-refractivity contribution in [3.05, 3.63) is 36.4 Å². The van der Waals surface area contributed by atoms with Crippen LogP contribution in [0.3, 0.4) is 0 Å². The second kappa shape index (κ2) is 6.29. The summed E-state index contributed by atoms with van der Waals surface area (Å²) in [6, 6.07) is 4.21. The van der Waals surface area contributed by atoms with E-state index >= 15 is 0 Å². The minimum Gasteiger partial charge on any atom is -0.506 e. The van der Waals surface area contributed by atoms with Gasteiger partial charge in [-0.25, -0.2) is 9.59 Å². The van der Waals surface area contributed by atoms with Crippen molar-refractivity contribution >= 4 is 17.7 Å². The van der Waals surface area contributed by atoms with Crippen LogP contribution in [0.15, 0.2) is 30.9 Å². The molecule has 0 unspecified atom stereocenters. The zero-order valence-corrected chi connectivity index (χ0v) is 9.90. The Labute approximate surface area is 104 Å². The molecule has 0 radical (unpaired) electrons. The van der Waals surface area contributed by atoms with Crippen LogP contribution < -0.4 is 10.6 Å². The van der Waals surface area contributed by atoms with Crippen LogP contribution in [0.1, 0.15) is 5.56 Å². The number of amides is 2. The van der Waals surface area contributed by atoms with Gasteiger partial charge in [0.2, 0.25) is 0 Å². The van der Waals surface area contributed by atoms with E-state index in [1.807, 2.05) is 6.92 Å². The van der Waals surface area contributed by atoms with E-state index in [1.54, 1.807) is 12.1 Å². The zero-order valence-electron chi connectivity index (χ0n) is 9.90. The highest BCUT2D eigenvalue weighted by Gasteiger charge is 2.06. The predicted molar refractivity (Wildman–Crippen MR) is 66.2 cm³/mol. The minimum absolute atomic E-state index is 0.0427. The van der Waals surface area contributed by atoms with E-state index in [9.17, 15) is 14.7 Å². The maximum atomic E-state index is 11.4. The molecule has 1 rings (SSSR count). The third-order valence-electron chi connectivity index (χ3n) is 2.01. The first-order valence-corrected chi connectivity index (χ1v) is 5.16. The molecule has 18 heavy (non-hydrogen) atoms. The zero-order chi connectivity index (χ0) is 13.5. The number of carbonyl (C=O) groups is 2. The summed E-state index contributed by atoms with van der Waals surface area (Å²) >= 11 is 0. The Kier molecular flexibility index (Phi) is 4.74. The third-order valence-corrected chi connectivity index (χ3v) is 2.01. The lowest BCUT2D eigenvalue weighted by Gasteiger charge is -2.09. The second-order valence-corrected chi connectivity index (χ2v) is 3.46. The van der Waals surface area contributed by atoms with Gasteiger partial charge in [-0.05, 0) is 24.6 Å². The third kappa shape index (κ3) is 4.17. The number of aromatic hydroxyl groups is 1.